The van der Waals surface area contributed by atoms with E-state index in [1.165, 1.54) is 6.07 Å². The molecule has 3 aromatic heterocycles. The molecule has 3 fully saturated rings. The number of benzene rings is 2. The number of amides is 2. The van der Waals surface area contributed by atoms with Gasteiger partial charge in [0, 0.05) is 98.8 Å². The highest BCUT2D eigenvalue weighted by Gasteiger charge is 2.33. The SMILES string of the molecule is C#CCOCCOCCOCCOCCOCCC(=O)Nc1ccc(COC(=O)N(C)[C@@H]2CCN(c3cc4c(cc3F)c(=O)c(CN(Cc3ccnc(C)c3)[C@H]3CCCN(c5ccc(C)nc5)C3)cn4C3CC3)C2)cc1. The highest BCUT2D eigenvalue weighted by molar-refractivity contribution is 5.90. The van der Waals surface area contributed by atoms with Crippen molar-refractivity contribution in [1.29, 1.82) is 0 Å². The normalized spacial score (nSPS) is 16.6. The van der Waals surface area contributed by atoms with Crippen LogP contribution in [0.4, 0.5) is 26.2 Å². The van der Waals surface area contributed by atoms with E-state index >= 15 is 4.39 Å². The molecule has 18 heteroatoms. The Morgan fingerprint density at radius 2 is 1.49 bits per heavy atom. The molecular weight excluding hydrogens is 972 g/mol. The molecule has 1 N–H and O–H groups in total. The van der Waals surface area contributed by atoms with Crippen LogP contribution in [0, 0.1) is 32.0 Å². The molecule has 0 spiro atoms. The maximum atomic E-state index is 16.5. The lowest BCUT2D eigenvalue weighted by molar-refractivity contribution is -0.117. The van der Waals surface area contributed by atoms with Crippen molar-refractivity contribution in [3.63, 3.8) is 0 Å². The van der Waals surface area contributed by atoms with Crippen LogP contribution in [-0.2, 0) is 52.9 Å². The number of pyridine rings is 3. The molecule has 76 heavy (non-hydrogen) atoms. The fraction of sp³-hybridized carbons (Fsp3) is 0.500. The van der Waals surface area contributed by atoms with Gasteiger partial charge in [-0.3, -0.25) is 24.5 Å². The van der Waals surface area contributed by atoms with Crippen molar-refractivity contribution in [3.8, 4) is 12.3 Å². The largest absolute Gasteiger partial charge is 0.445 e. The zero-order valence-corrected chi connectivity index (χ0v) is 44.3. The number of carbonyl (C=O) groups excluding carboxylic acids is 2. The molecule has 2 saturated heterocycles. The van der Waals surface area contributed by atoms with Crippen LogP contribution < -0.4 is 20.5 Å². The topological polar surface area (TPSA) is 162 Å². The quantitative estimate of drug-likeness (QED) is 0.0389. The number of piperidine rings is 1. The standard InChI is InChI=1S/C58H73FN8O9/c1-5-22-71-24-26-73-28-30-75-31-29-74-27-25-72-23-18-56(68)62-47-11-9-44(10-12-47)41-76-58(70)63(4)50-17-21-65(39-50)55-34-54-52(33-53(55)59)57(69)46(38-67(54)48-14-15-48)37-66(36-45-16-19-60-43(3)32-45)51-7-6-20-64(40-51)49-13-8-42(2)61-35-49/h1,8-13,16,19,32-35,38,48,50-51H,6-7,14-15,17-18,20-31,36-37,39-41H2,2-4H3,(H,62,68)/t50-,51+/m1/s1. The molecule has 2 amide bonds. The first-order chi connectivity index (χ1) is 37.0. The van der Waals surface area contributed by atoms with Gasteiger partial charge < -0.3 is 53.0 Å². The minimum absolute atomic E-state index is 0.0414. The van der Waals surface area contributed by atoms with Gasteiger partial charge in [-0.25, -0.2) is 9.18 Å². The second-order valence-corrected chi connectivity index (χ2v) is 19.8. The predicted octanol–water partition coefficient (Wildman–Crippen LogP) is 7.45. The molecule has 17 nitrogen and oxygen atoms in total. The fourth-order valence-corrected chi connectivity index (χ4v) is 9.79. The van der Waals surface area contributed by atoms with Gasteiger partial charge in [-0.05, 0) is 106 Å². The number of aryl methyl sites for hydroxylation is 2. The van der Waals surface area contributed by atoms with E-state index in [0.29, 0.717) is 108 Å². The van der Waals surface area contributed by atoms with Crippen LogP contribution in [0.3, 0.4) is 0 Å². The van der Waals surface area contributed by atoms with Crippen molar-refractivity contribution in [1.82, 2.24) is 24.3 Å². The van der Waals surface area contributed by atoms with Crippen LogP contribution in [-0.4, -0.2) is 148 Å². The van der Waals surface area contributed by atoms with E-state index in [-0.39, 0.29) is 55.7 Å². The van der Waals surface area contributed by atoms with E-state index in [4.69, 9.17) is 34.8 Å². The maximum absolute atomic E-state index is 16.5. The van der Waals surface area contributed by atoms with Crippen LogP contribution in [0.1, 0.15) is 72.6 Å². The van der Waals surface area contributed by atoms with Gasteiger partial charge in [-0.2, -0.15) is 0 Å². The third-order valence-electron chi connectivity index (χ3n) is 14.1. The van der Waals surface area contributed by atoms with Gasteiger partial charge in [-0.15, -0.1) is 6.42 Å². The van der Waals surface area contributed by atoms with E-state index in [2.05, 4.69) is 47.7 Å². The van der Waals surface area contributed by atoms with Crippen LogP contribution in [0.5, 0.6) is 0 Å². The Labute approximate surface area is 445 Å². The number of hydrogen-bond acceptors (Lipinski definition) is 14. The summed E-state index contributed by atoms with van der Waals surface area (Å²) in [5.74, 6) is 1.75. The molecular formula is C58H73FN8O9. The summed E-state index contributed by atoms with van der Waals surface area (Å²) in [4.78, 5) is 57.8. The third kappa shape index (κ3) is 16.0. The number of halogens is 1. The molecule has 0 unspecified atom stereocenters. The summed E-state index contributed by atoms with van der Waals surface area (Å²) in [6.45, 7) is 11.7. The monoisotopic (exact) mass is 1040 g/mol. The Bertz CT molecular complexity index is 2790. The van der Waals surface area contributed by atoms with E-state index in [0.717, 1.165) is 72.5 Å². The van der Waals surface area contributed by atoms with Crippen LogP contribution in [0.2, 0.25) is 0 Å². The zero-order chi connectivity index (χ0) is 53.2. The van der Waals surface area contributed by atoms with Gasteiger partial charge in [0.25, 0.3) is 0 Å². The Morgan fingerprint density at radius 3 is 2.17 bits per heavy atom. The fourth-order valence-electron chi connectivity index (χ4n) is 9.79. The molecule has 0 radical (unpaired) electrons. The smallest absolute Gasteiger partial charge is 0.410 e. The lowest BCUT2D eigenvalue weighted by atomic mass is 10.0. The highest BCUT2D eigenvalue weighted by atomic mass is 19.1. The summed E-state index contributed by atoms with van der Waals surface area (Å²) in [7, 11) is 1.70. The molecule has 2 atom stereocenters. The third-order valence-corrected chi connectivity index (χ3v) is 14.1. The zero-order valence-electron chi connectivity index (χ0n) is 44.3. The molecule has 406 valence electrons. The first kappa shape index (κ1) is 55.8. The van der Waals surface area contributed by atoms with Crippen molar-refractivity contribution in [3.05, 3.63) is 123 Å². The molecule has 5 heterocycles. The minimum atomic E-state index is -0.487. The Hall–Kier alpha value is -6.46. The van der Waals surface area contributed by atoms with Crippen molar-refractivity contribution >= 4 is 40.0 Å². The van der Waals surface area contributed by atoms with Gasteiger partial charge >= 0.3 is 6.09 Å². The summed E-state index contributed by atoms with van der Waals surface area (Å²) < 4.78 is 51.3. The average molecular weight is 1050 g/mol. The van der Waals surface area contributed by atoms with E-state index in [9.17, 15) is 14.4 Å². The van der Waals surface area contributed by atoms with E-state index in [1.807, 2.05) is 55.5 Å². The highest BCUT2D eigenvalue weighted by Crippen LogP contribution is 2.39. The van der Waals surface area contributed by atoms with Gasteiger partial charge in [0.15, 0.2) is 5.43 Å². The summed E-state index contributed by atoms with van der Waals surface area (Å²) in [5, 5.41) is 3.24. The molecule has 5 aromatic rings. The molecule has 8 rings (SSSR count). The number of anilines is 3. The molecule has 1 saturated carbocycles. The van der Waals surface area contributed by atoms with Gasteiger partial charge in [0.05, 0.1) is 95.0 Å². The number of nitrogens with zero attached hydrogens (tertiary/aromatic N) is 7. The first-order valence-corrected chi connectivity index (χ1v) is 26.6. The lowest BCUT2D eigenvalue weighted by Crippen LogP contribution is -2.48. The van der Waals surface area contributed by atoms with Crippen LogP contribution in [0.25, 0.3) is 10.9 Å². The number of hydrogen-bond donors (Lipinski definition) is 1. The summed E-state index contributed by atoms with van der Waals surface area (Å²) in [6.07, 6.45) is 15.2. The summed E-state index contributed by atoms with van der Waals surface area (Å²) in [6, 6.07) is 18.9. The van der Waals surface area contributed by atoms with Crippen molar-refractivity contribution in [2.45, 2.75) is 90.2 Å². The number of ether oxygens (including phenoxy) is 6. The Morgan fingerprint density at radius 1 is 0.776 bits per heavy atom. The number of terminal acetylenes is 1. The number of likely N-dealkylation sites (N-methyl/N-ethyl adjacent to an activating group) is 1. The minimum Gasteiger partial charge on any atom is -0.445 e. The molecule has 2 aromatic carbocycles. The van der Waals surface area contributed by atoms with Gasteiger partial charge in [0.2, 0.25) is 5.91 Å². The number of rotatable bonds is 28. The van der Waals surface area contributed by atoms with Crippen molar-refractivity contribution in [2.75, 3.05) is 114 Å². The molecule has 2 aliphatic heterocycles. The first-order valence-electron chi connectivity index (χ1n) is 26.6. The Kier molecular flexibility index (Phi) is 20.6. The summed E-state index contributed by atoms with van der Waals surface area (Å²) >= 11 is 0. The number of aromatic nitrogens is 3. The second kappa shape index (κ2) is 28.1. The number of fused-ring (bicyclic) bond motifs is 1. The molecule has 1 aliphatic carbocycles. The summed E-state index contributed by atoms with van der Waals surface area (Å²) in [5.41, 5.74) is 7.17. The second-order valence-electron chi connectivity index (χ2n) is 19.8. The van der Waals surface area contributed by atoms with Crippen LogP contribution in [0.15, 0.2) is 84.0 Å². The lowest BCUT2D eigenvalue weighted by Gasteiger charge is -2.40. The van der Waals surface area contributed by atoms with Crippen molar-refractivity contribution < 1.29 is 42.4 Å². The van der Waals surface area contributed by atoms with Gasteiger partial charge in [-0.1, -0.05) is 18.1 Å². The molecule has 3 aliphatic rings. The predicted molar refractivity (Wildman–Crippen MR) is 290 cm³/mol. The van der Waals surface area contributed by atoms with E-state index in [1.54, 1.807) is 36.2 Å². The van der Waals surface area contributed by atoms with Gasteiger partial charge in [0.1, 0.15) is 19.0 Å². The van der Waals surface area contributed by atoms with Crippen LogP contribution >= 0.6 is 0 Å². The van der Waals surface area contributed by atoms with Crippen molar-refractivity contribution in [2.24, 2.45) is 0 Å². The Balaban J connectivity index is 0.799. The maximum Gasteiger partial charge on any atom is 0.410 e. The molecule has 0 bridgehead atoms. The number of nitrogens with one attached hydrogen (secondary N) is 1. The average Bonchev–Trinajstić information content (AvgIpc) is 4.21. The van der Waals surface area contributed by atoms with E-state index < -0.39 is 11.9 Å². The number of carbonyl (C=O) groups is 2.